The van der Waals surface area contributed by atoms with Gasteiger partial charge in [-0.15, -0.1) is 0 Å². The van der Waals surface area contributed by atoms with Crippen LogP contribution in [0.1, 0.15) is 37.8 Å². The summed E-state index contributed by atoms with van der Waals surface area (Å²) in [6.45, 7) is 2.54. The third-order valence-corrected chi connectivity index (χ3v) is 6.36. The lowest BCUT2D eigenvalue weighted by Crippen LogP contribution is -2.38. The number of esters is 1. The van der Waals surface area contributed by atoms with Crippen molar-refractivity contribution < 1.29 is 14.3 Å². The number of thioether (sulfide) groups is 1. The van der Waals surface area contributed by atoms with Crippen LogP contribution < -0.4 is 5.32 Å². The summed E-state index contributed by atoms with van der Waals surface area (Å²) in [5.74, 6) is 0.168. The van der Waals surface area contributed by atoms with Gasteiger partial charge in [-0.25, -0.2) is 9.79 Å². The normalized spacial score (nSPS) is 20.8. The molecule has 0 saturated heterocycles. The summed E-state index contributed by atoms with van der Waals surface area (Å²) in [6.07, 6.45) is 2.61. The molecule has 1 atom stereocenters. The minimum Gasteiger partial charge on any atom is -0.466 e. The zero-order valence-electron chi connectivity index (χ0n) is 16.3. The van der Waals surface area contributed by atoms with Gasteiger partial charge in [0.1, 0.15) is 0 Å². The molecule has 3 aliphatic rings. The van der Waals surface area contributed by atoms with Crippen molar-refractivity contribution in [3.8, 4) is 0 Å². The van der Waals surface area contributed by atoms with Crippen LogP contribution in [-0.2, 0) is 14.3 Å². The third kappa shape index (κ3) is 4.21. The first-order chi connectivity index (χ1) is 14.0. The van der Waals surface area contributed by atoms with Gasteiger partial charge in [0.2, 0.25) is 5.91 Å². The van der Waals surface area contributed by atoms with Crippen LogP contribution in [0.15, 0.2) is 51.6 Å². The number of ether oxygens (including phenoxy) is 1. The van der Waals surface area contributed by atoms with Gasteiger partial charge in [0.15, 0.2) is 5.17 Å². The largest absolute Gasteiger partial charge is 0.466 e. The number of nitrogens with one attached hydrogen (secondary N) is 1. The highest BCUT2D eigenvalue weighted by molar-refractivity contribution is 8.16. The number of rotatable bonds is 6. The lowest BCUT2D eigenvalue weighted by atomic mass is 9.94. The highest BCUT2D eigenvalue weighted by Crippen LogP contribution is 2.44. The lowest BCUT2D eigenvalue weighted by Gasteiger charge is -2.36. The Kier molecular flexibility index (Phi) is 5.69. The summed E-state index contributed by atoms with van der Waals surface area (Å²) < 4.78 is 5.05. The van der Waals surface area contributed by atoms with Crippen molar-refractivity contribution in [3.05, 3.63) is 57.2 Å². The molecular weight excluding hydrogens is 410 g/mol. The summed E-state index contributed by atoms with van der Waals surface area (Å²) in [5, 5.41) is 6.31. The number of amidine groups is 1. The van der Waals surface area contributed by atoms with Crippen molar-refractivity contribution in [2.24, 2.45) is 10.9 Å². The molecule has 0 bridgehead atoms. The zero-order chi connectivity index (χ0) is 20.5. The van der Waals surface area contributed by atoms with Gasteiger partial charge >= 0.3 is 5.97 Å². The number of amides is 1. The fourth-order valence-electron chi connectivity index (χ4n) is 3.51. The molecule has 1 fully saturated rings. The Bertz CT molecular complexity index is 935. The van der Waals surface area contributed by atoms with E-state index in [-0.39, 0.29) is 12.3 Å². The molecule has 4 rings (SSSR count). The van der Waals surface area contributed by atoms with E-state index in [0.717, 1.165) is 23.0 Å². The van der Waals surface area contributed by atoms with Gasteiger partial charge in [0.05, 0.1) is 30.8 Å². The van der Waals surface area contributed by atoms with E-state index >= 15 is 0 Å². The number of halogens is 1. The van der Waals surface area contributed by atoms with Gasteiger partial charge in [-0.3, -0.25) is 4.79 Å². The molecule has 1 amide bonds. The number of methoxy groups -OCH3 is 1. The predicted octanol–water partition coefficient (Wildman–Crippen LogP) is 4.00. The van der Waals surface area contributed by atoms with Crippen LogP contribution >= 0.6 is 23.4 Å². The highest BCUT2D eigenvalue weighted by atomic mass is 35.5. The Morgan fingerprint density at radius 3 is 2.69 bits per heavy atom. The van der Waals surface area contributed by atoms with E-state index in [9.17, 15) is 9.59 Å². The number of allylic oxidation sites excluding steroid dienone is 1. The Balaban J connectivity index is 1.65. The molecule has 152 valence electrons. The van der Waals surface area contributed by atoms with E-state index in [4.69, 9.17) is 16.3 Å². The molecular formula is C21H22ClN3O3S. The highest BCUT2D eigenvalue weighted by Gasteiger charge is 2.41. The van der Waals surface area contributed by atoms with Gasteiger partial charge in [0.25, 0.3) is 0 Å². The third-order valence-electron chi connectivity index (χ3n) is 5.22. The SMILES string of the molecule is COC(=O)C1=C(C)N=C2SC=C(CC(=O)NCC3CC3)N2[C@@H]1c1ccc(Cl)cc1. The van der Waals surface area contributed by atoms with Gasteiger partial charge in [-0.05, 0) is 48.8 Å². The molecule has 0 aromatic heterocycles. The second-order valence-corrected chi connectivity index (χ2v) is 8.63. The van der Waals surface area contributed by atoms with Gasteiger partial charge in [0, 0.05) is 17.3 Å². The van der Waals surface area contributed by atoms with Crippen LogP contribution in [0, 0.1) is 5.92 Å². The molecule has 1 N–H and O–H groups in total. The van der Waals surface area contributed by atoms with Crippen LogP contribution in [0.3, 0.4) is 0 Å². The Hall–Kier alpha value is -2.25. The van der Waals surface area contributed by atoms with E-state index in [1.165, 1.54) is 31.7 Å². The van der Waals surface area contributed by atoms with Crippen LogP contribution in [0.25, 0.3) is 0 Å². The molecule has 1 saturated carbocycles. The Morgan fingerprint density at radius 2 is 2.03 bits per heavy atom. The average molecular weight is 432 g/mol. The quantitative estimate of drug-likeness (QED) is 0.689. The molecule has 6 nitrogen and oxygen atoms in total. The van der Waals surface area contributed by atoms with Crippen molar-refractivity contribution in [1.82, 2.24) is 10.2 Å². The summed E-state index contributed by atoms with van der Waals surface area (Å²) in [6, 6.07) is 6.94. The maximum absolute atomic E-state index is 12.6. The molecule has 8 heteroatoms. The number of hydrogen-bond donors (Lipinski definition) is 1. The number of hydrogen-bond acceptors (Lipinski definition) is 6. The maximum atomic E-state index is 12.6. The Morgan fingerprint density at radius 1 is 1.31 bits per heavy atom. The minimum absolute atomic E-state index is 0.0225. The summed E-state index contributed by atoms with van der Waals surface area (Å²) >= 11 is 7.53. The number of nitrogens with zero attached hydrogens (tertiary/aromatic N) is 2. The summed E-state index contributed by atoms with van der Waals surface area (Å²) in [7, 11) is 1.36. The molecule has 29 heavy (non-hydrogen) atoms. The van der Waals surface area contributed by atoms with Crippen molar-refractivity contribution >= 4 is 40.4 Å². The Labute approximate surface area is 179 Å². The standard InChI is InChI=1S/C21H22ClN3O3S/c1-12-18(20(27)28-2)19(14-5-7-15(22)8-6-14)25-16(11-29-21(25)24-12)9-17(26)23-10-13-3-4-13/h5-8,11,13,19H,3-4,9-10H2,1-2H3,(H,23,26)/t19-/m1/s1. The van der Waals surface area contributed by atoms with Crippen LogP contribution in [0.5, 0.6) is 0 Å². The molecule has 0 spiro atoms. The summed E-state index contributed by atoms with van der Waals surface area (Å²) in [4.78, 5) is 31.7. The van der Waals surface area contributed by atoms with E-state index in [1.807, 2.05) is 22.4 Å². The molecule has 2 heterocycles. The fraction of sp³-hybridized carbons (Fsp3) is 0.381. The van der Waals surface area contributed by atoms with Crippen LogP contribution in [-0.4, -0.2) is 35.6 Å². The second kappa shape index (κ2) is 8.24. The van der Waals surface area contributed by atoms with Crippen molar-refractivity contribution in [2.75, 3.05) is 13.7 Å². The number of benzene rings is 1. The molecule has 1 aliphatic carbocycles. The minimum atomic E-state index is -0.431. The average Bonchev–Trinajstić information content (AvgIpc) is 3.46. The number of fused-ring (bicyclic) bond motifs is 1. The number of aliphatic imine (C=N–C) groups is 1. The molecule has 0 radical (unpaired) electrons. The van der Waals surface area contributed by atoms with Crippen molar-refractivity contribution in [1.29, 1.82) is 0 Å². The number of carbonyl (C=O) groups excluding carboxylic acids is 2. The first-order valence-corrected chi connectivity index (χ1v) is 10.8. The predicted molar refractivity (Wildman–Crippen MR) is 114 cm³/mol. The molecule has 0 unspecified atom stereocenters. The van der Waals surface area contributed by atoms with Gasteiger partial charge in [-0.2, -0.15) is 0 Å². The smallest absolute Gasteiger partial charge is 0.338 e. The molecule has 2 aliphatic heterocycles. The van der Waals surface area contributed by atoms with Crippen molar-refractivity contribution in [2.45, 2.75) is 32.2 Å². The summed E-state index contributed by atoms with van der Waals surface area (Å²) in [5.41, 5.74) is 2.78. The second-order valence-electron chi connectivity index (χ2n) is 7.36. The van der Waals surface area contributed by atoms with Crippen LogP contribution in [0.2, 0.25) is 5.02 Å². The van der Waals surface area contributed by atoms with E-state index in [0.29, 0.717) is 22.2 Å². The topological polar surface area (TPSA) is 71.0 Å². The molecule has 1 aromatic rings. The van der Waals surface area contributed by atoms with Crippen molar-refractivity contribution in [3.63, 3.8) is 0 Å². The fourth-order valence-corrected chi connectivity index (χ4v) is 4.60. The maximum Gasteiger partial charge on any atom is 0.338 e. The van der Waals surface area contributed by atoms with E-state index < -0.39 is 12.0 Å². The monoisotopic (exact) mass is 431 g/mol. The first kappa shape index (κ1) is 20.0. The van der Waals surface area contributed by atoms with Gasteiger partial charge in [-0.1, -0.05) is 35.5 Å². The zero-order valence-corrected chi connectivity index (χ0v) is 17.8. The van der Waals surface area contributed by atoms with Crippen LogP contribution in [0.4, 0.5) is 0 Å². The van der Waals surface area contributed by atoms with Gasteiger partial charge < -0.3 is 15.0 Å². The van der Waals surface area contributed by atoms with E-state index in [2.05, 4.69) is 10.3 Å². The number of carbonyl (C=O) groups is 2. The lowest BCUT2D eigenvalue weighted by molar-refractivity contribution is -0.136. The first-order valence-electron chi connectivity index (χ1n) is 9.52. The molecule has 1 aromatic carbocycles. The van der Waals surface area contributed by atoms with E-state index in [1.54, 1.807) is 19.1 Å².